The summed E-state index contributed by atoms with van der Waals surface area (Å²) in [6.07, 6.45) is 0.832. The van der Waals surface area contributed by atoms with Crippen molar-refractivity contribution >= 4 is 11.6 Å². The van der Waals surface area contributed by atoms with E-state index in [-0.39, 0.29) is 5.91 Å². The molecule has 2 rings (SSSR count). The number of hydrogen-bond acceptors (Lipinski definition) is 4. The highest BCUT2D eigenvalue weighted by Crippen LogP contribution is 2.21. The van der Waals surface area contributed by atoms with Crippen molar-refractivity contribution < 1.29 is 9.53 Å². The minimum absolute atomic E-state index is 0.00589. The molecule has 0 aliphatic rings. The molecule has 0 fully saturated rings. The Bertz CT molecular complexity index is 685. The Balaban J connectivity index is 1.91. The average Bonchev–Trinajstić information content (AvgIpc) is 2.66. The minimum Gasteiger partial charge on any atom is -0.493 e. The lowest BCUT2D eigenvalue weighted by atomic mass is 10.1. The first-order chi connectivity index (χ1) is 12.6. The van der Waals surface area contributed by atoms with Gasteiger partial charge in [-0.15, -0.1) is 0 Å². The van der Waals surface area contributed by atoms with Gasteiger partial charge in [0, 0.05) is 24.2 Å². The van der Waals surface area contributed by atoms with E-state index in [1.165, 1.54) is 5.56 Å². The molecule has 0 aliphatic carbocycles. The van der Waals surface area contributed by atoms with E-state index in [2.05, 4.69) is 22.3 Å². The van der Waals surface area contributed by atoms with Crippen LogP contribution in [0.4, 0.5) is 5.69 Å². The highest BCUT2D eigenvalue weighted by atomic mass is 16.5. The molecule has 2 aromatic carbocycles. The van der Waals surface area contributed by atoms with Crippen LogP contribution in [0.5, 0.6) is 5.75 Å². The summed E-state index contributed by atoms with van der Waals surface area (Å²) in [5.74, 6) is 0.768. The molecular formula is C21H29N3O2. The van der Waals surface area contributed by atoms with E-state index in [1.54, 1.807) is 0 Å². The third kappa shape index (κ3) is 6.41. The summed E-state index contributed by atoms with van der Waals surface area (Å²) >= 11 is 0. The molecule has 0 atom stereocenters. The van der Waals surface area contributed by atoms with Gasteiger partial charge in [-0.1, -0.05) is 44.2 Å². The van der Waals surface area contributed by atoms with Crippen LogP contribution in [0.1, 0.15) is 25.0 Å². The monoisotopic (exact) mass is 355 g/mol. The van der Waals surface area contributed by atoms with E-state index < -0.39 is 0 Å². The first-order valence-electron chi connectivity index (χ1n) is 9.16. The fraction of sp³-hybridized carbons (Fsp3) is 0.381. The third-order valence-corrected chi connectivity index (χ3v) is 4.31. The van der Waals surface area contributed by atoms with Crippen LogP contribution in [-0.4, -0.2) is 37.0 Å². The van der Waals surface area contributed by atoms with Crippen molar-refractivity contribution in [2.24, 2.45) is 0 Å². The van der Waals surface area contributed by atoms with Crippen molar-refractivity contribution in [2.75, 3.05) is 32.0 Å². The van der Waals surface area contributed by atoms with Crippen LogP contribution in [0, 0.1) is 0 Å². The smallest absolute Gasteiger partial charge is 0.234 e. The number of likely N-dealkylation sites (N-methyl/N-ethyl adjacent to an activating group) is 1. The van der Waals surface area contributed by atoms with Gasteiger partial charge in [0.15, 0.2) is 0 Å². The van der Waals surface area contributed by atoms with E-state index in [0.717, 1.165) is 30.8 Å². The van der Waals surface area contributed by atoms with Crippen molar-refractivity contribution in [1.29, 1.82) is 0 Å². The number of ether oxygens (including phenoxy) is 1. The van der Waals surface area contributed by atoms with Gasteiger partial charge in [-0.3, -0.25) is 9.69 Å². The summed E-state index contributed by atoms with van der Waals surface area (Å²) in [6.45, 7) is 7.20. The molecule has 0 spiro atoms. The lowest BCUT2D eigenvalue weighted by molar-refractivity contribution is -0.122. The molecule has 0 saturated heterocycles. The summed E-state index contributed by atoms with van der Waals surface area (Å²) in [5, 5.41) is 2.96. The van der Waals surface area contributed by atoms with Crippen molar-refractivity contribution in [3.05, 3.63) is 59.7 Å². The predicted octanol–water partition coefficient (Wildman–Crippen LogP) is 2.85. The third-order valence-electron chi connectivity index (χ3n) is 4.31. The summed E-state index contributed by atoms with van der Waals surface area (Å²) in [5.41, 5.74) is 8.69. The first kappa shape index (κ1) is 19.8. The summed E-state index contributed by atoms with van der Waals surface area (Å²) in [7, 11) is 0. The average molecular weight is 355 g/mol. The molecule has 1 amide bonds. The number of carbonyl (C=O) groups is 1. The molecule has 0 bridgehead atoms. The zero-order valence-corrected chi connectivity index (χ0v) is 15.7. The first-order valence-corrected chi connectivity index (χ1v) is 9.16. The Morgan fingerprint density at radius 3 is 2.54 bits per heavy atom. The second-order valence-corrected chi connectivity index (χ2v) is 6.19. The van der Waals surface area contributed by atoms with Crippen molar-refractivity contribution in [3.63, 3.8) is 0 Å². The number of benzene rings is 2. The van der Waals surface area contributed by atoms with Gasteiger partial charge < -0.3 is 15.8 Å². The van der Waals surface area contributed by atoms with Crippen molar-refractivity contribution in [3.8, 4) is 5.75 Å². The minimum atomic E-state index is 0.00589. The van der Waals surface area contributed by atoms with Crippen molar-refractivity contribution in [1.82, 2.24) is 10.2 Å². The number of anilines is 1. The van der Waals surface area contributed by atoms with Crippen molar-refractivity contribution in [2.45, 2.75) is 26.8 Å². The van der Waals surface area contributed by atoms with Gasteiger partial charge in [-0.25, -0.2) is 0 Å². The van der Waals surface area contributed by atoms with Crippen LogP contribution in [0.15, 0.2) is 48.5 Å². The van der Waals surface area contributed by atoms with E-state index in [0.29, 0.717) is 25.4 Å². The number of carbonyl (C=O) groups excluding carboxylic acids is 1. The van der Waals surface area contributed by atoms with E-state index in [9.17, 15) is 4.79 Å². The molecule has 5 nitrogen and oxygen atoms in total. The molecule has 0 aromatic heterocycles. The Morgan fingerprint density at radius 2 is 1.85 bits per heavy atom. The molecule has 26 heavy (non-hydrogen) atoms. The van der Waals surface area contributed by atoms with Crippen LogP contribution in [0.2, 0.25) is 0 Å². The molecule has 0 aliphatic heterocycles. The maximum atomic E-state index is 12.1. The van der Waals surface area contributed by atoms with Gasteiger partial charge in [-0.2, -0.15) is 0 Å². The Labute approximate surface area is 156 Å². The second kappa shape index (κ2) is 10.5. The predicted molar refractivity (Wildman–Crippen MR) is 106 cm³/mol. The summed E-state index contributed by atoms with van der Waals surface area (Å²) in [4.78, 5) is 14.2. The fourth-order valence-electron chi connectivity index (χ4n) is 2.70. The standard InChI is InChI=1S/C21H29N3O2/c1-3-24(4-2)16-21(25)23-15-18-14-19(22)10-11-20(18)26-13-12-17-8-6-5-7-9-17/h5-11,14H,3-4,12-13,15-16,22H2,1-2H3,(H,23,25). The molecule has 0 unspecified atom stereocenters. The Kier molecular flexibility index (Phi) is 7.96. The second-order valence-electron chi connectivity index (χ2n) is 6.19. The van der Waals surface area contributed by atoms with Gasteiger partial charge in [0.05, 0.1) is 13.2 Å². The van der Waals surface area contributed by atoms with Crippen LogP contribution in [0.25, 0.3) is 0 Å². The van der Waals surface area contributed by atoms with Crippen LogP contribution < -0.4 is 15.8 Å². The number of amides is 1. The molecule has 2 aromatic rings. The van der Waals surface area contributed by atoms with Gasteiger partial charge >= 0.3 is 0 Å². The lowest BCUT2D eigenvalue weighted by Crippen LogP contribution is -2.36. The quantitative estimate of drug-likeness (QED) is 0.643. The molecule has 0 heterocycles. The largest absolute Gasteiger partial charge is 0.493 e. The topological polar surface area (TPSA) is 67.6 Å². The molecular weight excluding hydrogens is 326 g/mol. The van der Waals surface area contributed by atoms with Gasteiger partial charge in [-0.05, 0) is 36.9 Å². The van der Waals surface area contributed by atoms with Gasteiger partial charge in [0.2, 0.25) is 5.91 Å². The highest BCUT2D eigenvalue weighted by molar-refractivity contribution is 5.78. The van der Waals surface area contributed by atoms with Crippen LogP contribution in [-0.2, 0) is 17.8 Å². The number of nitrogens with two attached hydrogens (primary N) is 1. The van der Waals surface area contributed by atoms with Crippen LogP contribution in [0.3, 0.4) is 0 Å². The maximum absolute atomic E-state index is 12.1. The molecule has 140 valence electrons. The maximum Gasteiger partial charge on any atom is 0.234 e. The zero-order chi connectivity index (χ0) is 18.8. The fourth-order valence-corrected chi connectivity index (χ4v) is 2.70. The van der Waals surface area contributed by atoms with Gasteiger partial charge in [0.25, 0.3) is 0 Å². The highest BCUT2D eigenvalue weighted by Gasteiger charge is 2.10. The SMILES string of the molecule is CCN(CC)CC(=O)NCc1cc(N)ccc1OCCc1ccccc1. The number of nitrogen functional groups attached to an aromatic ring is 1. The molecule has 5 heteroatoms. The number of rotatable bonds is 10. The number of nitrogens with one attached hydrogen (secondary N) is 1. The summed E-state index contributed by atoms with van der Waals surface area (Å²) in [6, 6.07) is 15.8. The molecule has 3 N–H and O–H groups in total. The van der Waals surface area contributed by atoms with Gasteiger partial charge in [0.1, 0.15) is 5.75 Å². The number of nitrogens with zero attached hydrogens (tertiary/aromatic N) is 1. The normalized spacial score (nSPS) is 10.7. The lowest BCUT2D eigenvalue weighted by Gasteiger charge is -2.18. The molecule has 0 radical (unpaired) electrons. The van der Waals surface area contributed by atoms with E-state index >= 15 is 0 Å². The summed E-state index contributed by atoms with van der Waals surface area (Å²) < 4.78 is 5.93. The molecule has 0 saturated carbocycles. The van der Waals surface area contributed by atoms with E-state index in [1.807, 2.05) is 50.2 Å². The van der Waals surface area contributed by atoms with E-state index in [4.69, 9.17) is 10.5 Å². The number of hydrogen-bond donors (Lipinski definition) is 2. The Hall–Kier alpha value is -2.53. The Morgan fingerprint density at radius 1 is 1.12 bits per heavy atom. The van der Waals surface area contributed by atoms with Crippen LogP contribution >= 0.6 is 0 Å². The zero-order valence-electron chi connectivity index (χ0n) is 15.7.